The first-order valence-corrected chi connectivity index (χ1v) is 6.47. The van der Waals surface area contributed by atoms with E-state index in [0.29, 0.717) is 0 Å². The standard InChI is InChI=1S/C16H16FNO/c1-18-10-13-2-4-14(17)9-15(13)11-3-5-16-12(8-11)6-7-19-16/h2-5,8-9,18H,6-7,10H2,1H3. The number of hydrogen-bond donors (Lipinski definition) is 1. The number of ether oxygens (including phenoxy) is 1. The van der Waals surface area contributed by atoms with Gasteiger partial charge in [-0.25, -0.2) is 4.39 Å². The van der Waals surface area contributed by atoms with Crippen LogP contribution in [0.1, 0.15) is 11.1 Å². The largest absolute Gasteiger partial charge is 0.493 e. The highest BCUT2D eigenvalue weighted by Crippen LogP contribution is 2.32. The molecule has 0 saturated carbocycles. The van der Waals surface area contributed by atoms with Crippen molar-refractivity contribution >= 4 is 0 Å². The molecule has 2 aromatic carbocycles. The van der Waals surface area contributed by atoms with Gasteiger partial charge in [-0.15, -0.1) is 0 Å². The average Bonchev–Trinajstić information content (AvgIpc) is 2.88. The van der Waals surface area contributed by atoms with E-state index in [0.717, 1.165) is 42.0 Å². The van der Waals surface area contributed by atoms with Crippen molar-refractivity contribution in [3.63, 3.8) is 0 Å². The van der Waals surface area contributed by atoms with Gasteiger partial charge in [0.1, 0.15) is 11.6 Å². The van der Waals surface area contributed by atoms with Crippen molar-refractivity contribution in [3.05, 3.63) is 53.3 Å². The lowest BCUT2D eigenvalue weighted by Crippen LogP contribution is -2.06. The van der Waals surface area contributed by atoms with Crippen molar-refractivity contribution < 1.29 is 9.13 Å². The number of rotatable bonds is 3. The molecular formula is C16H16FNO. The number of hydrogen-bond acceptors (Lipinski definition) is 2. The monoisotopic (exact) mass is 257 g/mol. The zero-order chi connectivity index (χ0) is 13.2. The fourth-order valence-corrected chi connectivity index (χ4v) is 2.52. The molecule has 1 aliphatic heterocycles. The second-order valence-electron chi connectivity index (χ2n) is 4.75. The van der Waals surface area contributed by atoms with Crippen LogP contribution in [0, 0.1) is 5.82 Å². The molecule has 2 aromatic rings. The van der Waals surface area contributed by atoms with Crippen LogP contribution in [0.15, 0.2) is 36.4 Å². The summed E-state index contributed by atoms with van der Waals surface area (Å²) >= 11 is 0. The molecule has 0 fully saturated rings. The highest BCUT2D eigenvalue weighted by atomic mass is 19.1. The van der Waals surface area contributed by atoms with E-state index >= 15 is 0 Å². The van der Waals surface area contributed by atoms with Crippen molar-refractivity contribution in [2.24, 2.45) is 0 Å². The first-order chi connectivity index (χ1) is 9.28. The van der Waals surface area contributed by atoms with E-state index < -0.39 is 0 Å². The van der Waals surface area contributed by atoms with Crippen LogP contribution in [-0.2, 0) is 13.0 Å². The Hall–Kier alpha value is -1.87. The second kappa shape index (κ2) is 5.02. The Bertz CT molecular complexity index is 610. The lowest BCUT2D eigenvalue weighted by atomic mass is 9.97. The van der Waals surface area contributed by atoms with Gasteiger partial charge in [0.05, 0.1) is 6.61 Å². The Kier molecular flexibility index (Phi) is 3.22. The molecule has 1 aliphatic rings. The van der Waals surface area contributed by atoms with E-state index in [9.17, 15) is 4.39 Å². The quantitative estimate of drug-likeness (QED) is 0.912. The Morgan fingerprint density at radius 3 is 2.95 bits per heavy atom. The predicted octanol–water partition coefficient (Wildman–Crippen LogP) is 3.15. The molecule has 98 valence electrons. The first-order valence-electron chi connectivity index (χ1n) is 6.47. The fourth-order valence-electron chi connectivity index (χ4n) is 2.52. The maximum atomic E-state index is 13.5. The number of fused-ring (bicyclic) bond motifs is 1. The Balaban J connectivity index is 2.07. The van der Waals surface area contributed by atoms with Crippen molar-refractivity contribution in [1.29, 1.82) is 0 Å². The molecule has 0 saturated heterocycles. The van der Waals surface area contributed by atoms with Crippen molar-refractivity contribution in [2.45, 2.75) is 13.0 Å². The SMILES string of the molecule is CNCc1ccc(F)cc1-c1ccc2c(c1)CCO2. The normalized spacial score (nSPS) is 13.2. The summed E-state index contributed by atoms with van der Waals surface area (Å²) in [5, 5.41) is 3.12. The van der Waals surface area contributed by atoms with Crippen molar-refractivity contribution in [1.82, 2.24) is 5.32 Å². The van der Waals surface area contributed by atoms with Crippen molar-refractivity contribution in [3.8, 4) is 16.9 Å². The van der Waals surface area contributed by atoms with Crippen LogP contribution in [-0.4, -0.2) is 13.7 Å². The molecule has 1 N–H and O–H groups in total. The van der Waals surface area contributed by atoms with Gasteiger partial charge in [0.2, 0.25) is 0 Å². The minimum atomic E-state index is -0.202. The Morgan fingerprint density at radius 2 is 2.11 bits per heavy atom. The summed E-state index contributed by atoms with van der Waals surface area (Å²) in [6, 6.07) is 11.0. The average molecular weight is 257 g/mol. The fraction of sp³-hybridized carbons (Fsp3) is 0.250. The summed E-state index contributed by atoms with van der Waals surface area (Å²) < 4.78 is 19.0. The van der Waals surface area contributed by atoms with Gasteiger partial charge < -0.3 is 10.1 Å². The van der Waals surface area contributed by atoms with E-state index in [-0.39, 0.29) is 5.82 Å². The van der Waals surface area contributed by atoms with Gasteiger partial charge in [-0.2, -0.15) is 0 Å². The highest BCUT2D eigenvalue weighted by Gasteiger charge is 2.14. The number of benzene rings is 2. The third kappa shape index (κ3) is 2.34. The van der Waals surface area contributed by atoms with Gasteiger partial charge >= 0.3 is 0 Å². The topological polar surface area (TPSA) is 21.3 Å². The third-order valence-electron chi connectivity index (χ3n) is 3.44. The molecule has 0 unspecified atom stereocenters. The minimum absolute atomic E-state index is 0.202. The van der Waals surface area contributed by atoms with Gasteiger partial charge in [0.15, 0.2) is 0 Å². The van der Waals surface area contributed by atoms with Gasteiger partial charge in [-0.3, -0.25) is 0 Å². The van der Waals surface area contributed by atoms with Gasteiger partial charge in [-0.05, 0) is 53.6 Å². The molecule has 0 amide bonds. The molecule has 0 bridgehead atoms. The second-order valence-corrected chi connectivity index (χ2v) is 4.75. The van der Waals surface area contributed by atoms with E-state index in [4.69, 9.17) is 4.74 Å². The maximum absolute atomic E-state index is 13.5. The maximum Gasteiger partial charge on any atom is 0.123 e. The summed E-state index contributed by atoms with van der Waals surface area (Å²) in [6.45, 7) is 1.47. The van der Waals surface area contributed by atoms with Crippen LogP contribution in [0.5, 0.6) is 5.75 Å². The third-order valence-corrected chi connectivity index (χ3v) is 3.44. The molecule has 0 atom stereocenters. The molecule has 0 radical (unpaired) electrons. The van der Waals surface area contributed by atoms with Crippen LogP contribution in [0.3, 0.4) is 0 Å². The van der Waals surface area contributed by atoms with Gasteiger partial charge in [-0.1, -0.05) is 12.1 Å². The molecule has 19 heavy (non-hydrogen) atoms. The highest BCUT2D eigenvalue weighted by molar-refractivity contribution is 5.69. The molecule has 3 rings (SSSR count). The van der Waals surface area contributed by atoms with Crippen LogP contribution in [0.4, 0.5) is 4.39 Å². The molecular weight excluding hydrogens is 241 g/mol. The summed E-state index contributed by atoms with van der Waals surface area (Å²) in [4.78, 5) is 0. The number of nitrogens with one attached hydrogen (secondary N) is 1. The summed E-state index contributed by atoms with van der Waals surface area (Å²) in [5.41, 5.74) is 4.30. The van der Waals surface area contributed by atoms with Gasteiger partial charge in [0.25, 0.3) is 0 Å². The van der Waals surface area contributed by atoms with Gasteiger partial charge in [0, 0.05) is 13.0 Å². The minimum Gasteiger partial charge on any atom is -0.493 e. The lowest BCUT2D eigenvalue weighted by Gasteiger charge is -2.11. The summed E-state index contributed by atoms with van der Waals surface area (Å²) in [7, 11) is 1.89. The summed E-state index contributed by atoms with van der Waals surface area (Å²) in [6.07, 6.45) is 0.930. The van der Waals surface area contributed by atoms with Crippen molar-refractivity contribution in [2.75, 3.05) is 13.7 Å². The molecule has 0 spiro atoms. The van der Waals surface area contributed by atoms with Crippen LogP contribution in [0.2, 0.25) is 0 Å². The smallest absolute Gasteiger partial charge is 0.123 e. The summed E-state index contributed by atoms with van der Waals surface area (Å²) in [5.74, 6) is 0.752. The van der Waals surface area contributed by atoms with E-state index in [1.54, 1.807) is 6.07 Å². The zero-order valence-electron chi connectivity index (χ0n) is 10.9. The molecule has 3 heteroatoms. The molecule has 1 heterocycles. The zero-order valence-corrected chi connectivity index (χ0v) is 10.9. The molecule has 0 aromatic heterocycles. The van der Waals surface area contributed by atoms with E-state index in [1.165, 1.54) is 11.6 Å². The molecule has 0 aliphatic carbocycles. The van der Waals surface area contributed by atoms with E-state index in [2.05, 4.69) is 11.4 Å². The first kappa shape index (κ1) is 12.2. The van der Waals surface area contributed by atoms with Crippen LogP contribution < -0.4 is 10.1 Å². The van der Waals surface area contributed by atoms with Crippen LogP contribution in [0.25, 0.3) is 11.1 Å². The number of halogens is 1. The predicted molar refractivity (Wildman–Crippen MR) is 73.8 cm³/mol. The molecule has 2 nitrogen and oxygen atoms in total. The van der Waals surface area contributed by atoms with Crippen LogP contribution >= 0.6 is 0 Å². The lowest BCUT2D eigenvalue weighted by molar-refractivity contribution is 0.357. The van der Waals surface area contributed by atoms with E-state index in [1.807, 2.05) is 25.2 Å². The Morgan fingerprint density at radius 1 is 1.21 bits per heavy atom. The Labute approximate surface area is 112 Å².